The van der Waals surface area contributed by atoms with Crippen LogP contribution in [0.1, 0.15) is 41.9 Å². The molecule has 0 saturated heterocycles. The summed E-state index contributed by atoms with van der Waals surface area (Å²) in [5.74, 6) is -0.207. The van der Waals surface area contributed by atoms with Crippen LogP contribution in [0.5, 0.6) is 0 Å². The highest BCUT2D eigenvalue weighted by Crippen LogP contribution is 2.30. The number of aromatic nitrogens is 1. The van der Waals surface area contributed by atoms with E-state index in [9.17, 15) is 4.39 Å². The van der Waals surface area contributed by atoms with Crippen LogP contribution in [0.3, 0.4) is 0 Å². The normalized spacial score (nSPS) is 11.8. The summed E-state index contributed by atoms with van der Waals surface area (Å²) in [5, 5.41) is 1.04. The SMILES string of the molecule is CC(C)(C)c1nc(Cc2ccc(F)cc2)sc1CN. The van der Waals surface area contributed by atoms with Crippen LogP contribution in [-0.2, 0) is 18.4 Å². The fourth-order valence-electron chi connectivity index (χ4n) is 1.98. The third-order valence-corrected chi connectivity index (χ3v) is 3.98. The third kappa shape index (κ3) is 3.39. The molecule has 2 N–H and O–H groups in total. The monoisotopic (exact) mass is 278 g/mol. The number of hydrogen-bond acceptors (Lipinski definition) is 3. The van der Waals surface area contributed by atoms with Crippen LogP contribution in [0, 0.1) is 5.82 Å². The van der Waals surface area contributed by atoms with E-state index in [-0.39, 0.29) is 11.2 Å². The fourth-order valence-corrected chi connectivity index (χ4v) is 3.17. The van der Waals surface area contributed by atoms with Crippen molar-refractivity contribution in [2.45, 2.75) is 39.2 Å². The van der Waals surface area contributed by atoms with Crippen LogP contribution < -0.4 is 5.73 Å². The number of nitrogens with zero attached hydrogens (tertiary/aromatic N) is 1. The van der Waals surface area contributed by atoms with Gasteiger partial charge in [-0.2, -0.15) is 0 Å². The molecule has 0 spiro atoms. The van der Waals surface area contributed by atoms with Gasteiger partial charge in [0, 0.05) is 23.3 Å². The van der Waals surface area contributed by atoms with Crippen LogP contribution in [0.4, 0.5) is 4.39 Å². The maximum absolute atomic E-state index is 12.9. The van der Waals surface area contributed by atoms with Gasteiger partial charge in [-0.25, -0.2) is 9.37 Å². The van der Waals surface area contributed by atoms with Gasteiger partial charge in [-0.3, -0.25) is 0 Å². The Balaban J connectivity index is 2.26. The number of hydrogen-bond donors (Lipinski definition) is 1. The number of thiazole rings is 1. The second-order valence-corrected chi connectivity index (χ2v) is 6.80. The van der Waals surface area contributed by atoms with Gasteiger partial charge in [0.1, 0.15) is 5.82 Å². The largest absolute Gasteiger partial charge is 0.326 e. The zero-order chi connectivity index (χ0) is 14.0. The van der Waals surface area contributed by atoms with Gasteiger partial charge in [-0.1, -0.05) is 32.9 Å². The summed E-state index contributed by atoms with van der Waals surface area (Å²) in [4.78, 5) is 5.86. The van der Waals surface area contributed by atoms with Gasteiger partial charge in [0.25, 0.3) is 0 Å². The van der Waals surface area contributed by atoms with Crippen molar-refractivity contribution in [3.05, 3.63) is 51.2 Å². The lowest BCUT2D eigenvalue weighted by atomic mass is 9.91. The molecule has 0 aliphatic carbocycles. The predicted molar refractivity (Wildman–Crippen MR) is 77.9 cm³/mol. The lowest BCUT2D eigenvalue weighted by molar-refractivity contribution is 0.564. The third-order valence-electron chi connectivity index (χ3n) is 2.91. The molecule has 102 valence electrons. The Morgan fingerprint density at radius 2 is 1.84 bits per heavy atom. The molecule has 2 nitrogen and oxygen atoms in total. The van der Waals surface area contributed by atoms with Crippen molar-refractivity contribution in [2.75, 3.05) is 0 Å². The first-order valence-corrected chi connectivity index (χ1v) is 7.15. The fraction of sp³-hybridized carbons (Fsp3) is 0.400. The van der Waals surface area contributed by atoms with Gasteiger partial charge in [-0.15, -0.1) is 11.3 Å². The lowest BCUT2D eigenvalue weighted by Gasteiger charge is -2.16. The topological polar surface area (TPSA) is 38.9 Å². The number of benzene rings is 1. The highest BCUT2D eigenvalue weighted by molar-refractivity contribution is 7.11. The molecule has 0 radical (unpaired) electrons. The Morgan fingerprint density at radius 3 is 2.32 bits per heavy atom. The van der Waals surface area contributed by atoms with E-state index in [1.54, 1.807) is 23.5 Å². The van der Waals surface area contributed by atoms with Crippen molar-refractivity contribution >= 4 is 11.3 Å². The molecular formula is C15H19FN2S. The van der Waals surface area contributed by atoms with Crippen molar-refractivity contribution < 1.29 is 4.39 Å². The summed E-state index contributed by atoms with van der Waals surface area (Å²) in [6.45, 7) is 6.95. The van der Waals surface area contributed by atoms with Gasteiger partial charge < -0.3 is 5.73 Å². The smallest absolute Gasteiger partial charge is 0.123 e. The molecule has 2 rings (SSSR count). The standard InChI is InChI=1S/C15H19FN2S/c1-15(2,3)14-12(9-17)19-13(18-14)8-10-4-6-11(16)7-5-10/h4-7H,8-9,17H2,1-3H3. The second kappa shape index (κ2) is 5.39. The molecule has 0 aliphatic heterocycles. The molecule has 0 saturated carbocycles. The van der Waals surface area contributed by atoms with E-state index in [1.807, 2.05) is 0 Å². The molecule has 0 bridgehead atoms. The number of rotatable bonds is 3. The predicted octanol–water partition coefficient (Wildman–Crippen LogP) is 3.63. The molecular weight excluding hydrogens is 259 g/mol. The minimum Gasteiger partial charge on any atom is -0.326 e. The molecule has 0 fully saturated rings. The zero-order valence-corrected chi connectivity index (χ0v) is 12.4. The van der Waals surface area contributed by atoms with Crippen molar-refractivity contribution in [1.29, 1.82) is 0 Å². The van der Waals surface area contributed by atoms with Crippen molar-refractivity contribution in [3.8, 4) is 0 Å². The zero-order valence-electron chi connectivity index (χ0n) is 11.5. The summed E-state index contributed by atoms with van der Waals surface area (Å²) in [7, 11) is 0. The number of halogens is 1. The average Bonchev–Trinajstić information content (AvgIpc) is 2.75. The van der Waals surface area contributed by atoms with E-state index in [0.717, 1.165) is 27.6 Å². The van der Waals surface area contributed by atoms with E-state index < -0.39 is 0 Å². The van der Waals surface area contributed by atoms with E-state index in [2.05, 4.69) is 20.8 Å². The van der Waals surface area contributed by atoms with Crippen molar-refractivity contribution in [3.63, 3.8) is 0 Å². The molecule has 4 heteroatoms. The Bertz CT molecular complexity index is 553. The van der Waals surface area contributed by atoms with E-state index in [4.69, 9.17) is 10.7 Å². The first kappa shape index (κ1) is 14.2. The molecule has 1 aromatic carbocycles. The molecule has 0 unspecified atom stereocenters. The summed E-state index contributed by atoms with van der Waals surface area (Å²) in [5.41, 5.74) is 7.95. The summed E-state index contributed by atoms with van der Waals surface area (Å²) in [6.07, 6.45) is 0.730. The minimum atomic E-state index is -0.207. The molecule has 1 aromatic heterocycles. The van der Waals surface area contributed by atoms with Gasteiger partial charge in [0.2, 0.25) is 0 Å². The molecule has 0 aliphatic rings. The quantitative estimate of drug-likeness (QED) is 0.931. The summed E-state index contributed by atoms with van der Waals surface area (Å²) in [6, 6.07) is 6.57. The molecule has 1 heterocycles. The average molecular weight is 278 g/mol. The first-order chi connectivity index (χ1) is 8.90. The lowest BCUT2D eigenvalue weighted by Crippen LogP contribution is -2.15. The minimum absolute atomic E-state index is 0.00620. The van der Waals surface area contributed by atoms with Crippen LogP contribution in [0.2, 0.25) is 0 Å². The summed E-state index contributed by atoms with van der Waals surface area (Å²) < 4.78 is 12.9. The van der Waals surface area contributed by atoms with Gasteiger partial charge in [0.15, 0.2) is 0 Å². The maximum Gasteiger partial charge on any atom is 0.123 e. The van der Waals surface area contributed by atoms with E-state index in [1.165, 1.54) is 12.1 Å². The highest BCUT2D eigenvalue weighted by atomic mass is 32.1. The molecule has 0 atom stereocenters. The molecule has 19 heavy (non-hydrogen) atoms. The molecule has 0 amide bonds. The second-order valence-electron chi connectivity index (χ2n) is 5.64. The van der Waals surface area contributed by atoms with Crippen LogP contribution in [0.15, 0.2) is 24.3 Å². The molecule has 2 aromatic rings. The highest BCUT2D eigenvalue weighted by Gasteiger charge is 2.22. The van der Waals surface area contributed by atoms with Crippen LogP contribution in [0.25, 0.3) is 0 Å². The van der Waals surface area contributed by atoms with Gasteiger partial charge >= 0.3 is 0 Å². The van der Waals surface area contributed by atoms with Crippen LogP contribution >= 0.6 is 11.3 Å². The Hall–Kier alpha value is -1.26. The first-order valence-electron chi connectivity index (χ1n) is 6.33. The van der Waals surface area contributed by atoms with Gasteiger partial charge in [0.05, 0.1) is 10.7 Å². The number of nitrogens with two attached hydrogens (primary N) is 1. The maximum atomic E-state index is 12.9. The van der Waals surface area contributed by atoms with Crippen molar-refractivity contribution in [2.24, 2.45) is 5.73 Å². The van der Waals surface area contributed by atoms with E-state index in [0.29, 0.717) is 6.54 Å². The summed E-state index contributed by atoms with van der Waals surface area (Å²) >= 11 is 1.66. The Morgan fingerprint density at radius 1 is 1.21 bits per heavy atom. The Kier molecular flexibility index (Phi) is 4.02. The van der Waals surface area contributed by atoms with Crippen LogP contribution in [-0.4, -0.2) is 4.98 Å². The van der Waals surface area contributed by atoms with E-state index >= 15 is 0 Å². The van der Waals surface area contributed by atoms with Crippen molar-refractivity contribution in [1.82, 2.24) is 4.98 Å². The Labute approximate surface area is 117 Å². The van der Waals surface area contributed by atoms with Gasteiger partial charge in [-0.05, 0) is 17.7 Å².